The van der Waals surface area contributed by atoms with E-state index >= 15 is 0 Å². The minimum Gasteiger partial charge on any atom is -0.493 e. The first-order chi connectivity index (χ1) is 12.7. The van der Waals surface area contributed by atoms with Gasteiger partial charge in [-0.1, -0.05) is 0 Å². The molecule has 4 aromatic rings. The van der Waals surface area contributed by atoms with E-state index < -0.39 is 0 Å². The molecule has 0 N–H and O–H groups in total. The largest absolute Gasteiger partial charge is 0.493 e. The Morgan fingerprint density at radius 2 is 1.35 bits per heavy atom. The predicted molar refractivity (Wildman–Crippen MR) is 101 cm³/mol. The molecule has 26 heavy (non-hydrogen) atoms. The highest BCUT2D eigenvalue weighted by Crippen LogP contribution is 2.37. The summed E-state index contributed by atoms with van der Waals surface area (Å²) >= 11 is 0. The molecule has 0 atom stereocenters. The molecule has 0 bridgehead atoms. The molecule has 0 amide bonds. The van der Waals surface area contributed by atoms with Crippen LogP contribution in [0.3, 0.4) is 0 Å². The Kier molecular flexibility index (Phi) is 3.92. The topological polar surface area (TPSA) is 41.0 Å². The van der Waals surface area contributed by atoms with Crippen molar-refractivity contribution in [1.82, 2.24) is 0 Å². The summed E-state index contributed by atoms with van der Waals surface area (Å²) in [6.07, 6.45) is 4.11. The highest BCUT2D eigenvalue weighted by Gasteiger charge is 2.17. The zero-order valence-electron chi connectivity index (χ0n) is 15.2. The number of hydrogen-bond acceptors (Lipinski definition) is 4. The zero-order valence-corrected chi connectivity index (χ0v) is 15.2. The molecule has 132 valence electrons. The van der Waals surface area contributed by atoms with Gasteiger partial charge in [-0.25, -0.2) is 0 Å². The maximum atomic E-state index is 5.58. The summed E-state index contributed by atoms with van der Waals surface area (Å²) < 4.78 is 24.0. The first-order valence-electron chi connectivity index (χ1n) is 8.24. The molecule has 0 aliphatic carbocycles. The maximum absolute atomic E-state index is 5.58. The number of methoxy groups -OCH3 is 4. The monoisotopic (exact) mass is 350 g/mol. The van der Waals surface area contributed by atoms with Crippen molar-refractivity contribution < 1.29 is 23.3 Å². The predicted octanol–water partition coefficient (Wildman–Crippen LogP) is 3.77. The second-order valence-electron chi connectivity index (χ2n) is 5.98. The smallest absolute Gasteiger partial charge is 0.219 e. The van der Waals surface area contributed by atoms with E-state index in [-0.39, 0.29) is 0 Å². The SMILES string of the molecule is COc1cc2cc3c4ccc(OC)c(OC)c4cc[n+]3cc2cc1OC. The zero-order chi connectivity index (χ0) is 18.3. The highest BCUT2D eigenvalue weighted by molar-refractivity contribution is 6.01. The minimum absolute atomic E-state index is 0.712. The lowest BCUT2D eigenvalue weighted by atomic mass is 10.1. The molecule has 0 radical (unpaired) electrons. The maximum Gasteiger partial charge on any atom is 0.219 e. The molecule has 0 unspecified atom stereocenters. The number of rotatable bonds is 4. The van der Waals surface area contributed by atoms with Gasteiger partial charge in [-0.2, -0.15) is 4.40 Å². The molecular weight excluding hydrogens is 330 g/mol. The number of ether oxygens (including phenoxy) is 4. The first-order valence-corrected chi connectivity index (χ1v) is 8.24. The Balaban J connectivity index is 2.08. The van der Waals surface area contributed by atoms with Crippen molar-refractivity contribution in [3.05, 3.63) is 48.8 Å². The van der Waals surface area contributed by atoms with Crippen LogP contribution in [0.5, 0.6) is 23.0 Å². The normalized spacial score (nSPS) is 11.1. The van der Waals surface area contributed by atoms with Crippen LogP contribution in [0.25, 0.3) is 27.1 Å². The summed E-state index contributed by atoms with van der Waals surface area (Å²) in [6.45, 7) is 0. The van der Waals surface area contributed by atoms with Crippen LogP contribution in [-0.2, 0) is 0 Å². The molecule has 0 spiro atoms. The third-order valence-corrected chi connectivity index (χ3v) is 4.70. The van der Waals surface area contributed by atoms with E-state index in [2.05, 4.69) is 22.7 Å². The van der Waals surface area contributed by atoms with Crippen molar-refractivity contribution >= 4 is 27.1 Å². The van der Waals surface area contributed by atoms with Crippen molar-refractivity contribution in [1.29, 1.82) is 0 Å². The van der Waals surface area contributed by atoms with Crippen LogP contribution >= 0.6 is 0 Å². The van der Waals surface area contributed by atoms with Crippen LogP contribution in [0.15, 0.2) is 48.8 Å². The summed E-state index contributed by atoms with van der Waals surface area (Å²) in [6, 6.07) is 12.1. The summed E-state index contributed by atoms with van der Waals surface area (Å²) in [7, 11) is 6.59. The van der Waals surface area contributed by atoms with Crippen molar-refractivity contribution in [3.8, 4) is 23.0 Å². The van der Waals surface area contributed by atoms with E-state index in [0.29, 0.717) is 11.5 Å². The molecule has 5 heteroatoms. The van der Waals surface area contributed by atoms with Gasteiger partial charge in [0.05, 0.1) is 39.2 Å². The highest BCUT2D eigenvalue weighted by atomic mass is 16.5. The van der Waals surface area contributed by atoms with Crippen LogP contribution in [0.1, 0.15) is 0 Å². The fourth-order valence-electron chi connectivity index (χ4n) is 3.42. The number of nitrogens with zero attached hydrogens (tertiary/aromatic N) is 1. The third-order valence-electron chi connectivity index (χ3n) is 4.70. The first kappa shape index (κ1) is 16.3. The minimum atomic E-state index is 0.712. The van der Waals surface area contributed by atoms with Gasteiger partial charge in [0.25, 0.3) is 0 Å². The third kappa shape index (κ3) is 2.36. The van der Waals surface area contributed by atoms with Crippen LogP contribution < -0.4 is 23.3 Å². The van der Waals surface area contributed by atoms with Gasteiger partial charge in [-0.05, 0) is 29.7 Å². The number of aromatic nitrogens is 1. The summed E-state index contributed by atoms with van der Waals surface area (Å²) in [5.74, 6) is 2.88. The number of pyridine rings is 2. The molecule has 0 saturated carbocycles. The van der Waals surface area contributed by atoms with E-state index in [0.717, 1.165) is 38.6 Å². The second kappa shape index (κ2) is 6.26. The van der Waals surface area contributed by atoms with Gasteiger partial charge in [-0.3, -0.25) is 0 Å². The lowest BCUT2D eigenvalue weighted by Gasteiger charge is -2.11. The molecule has 4 rings (SSSR count). The van der Waals surface area contributed by atoms with Crippen LogP contribution in [0.4, 0.5) is 0 Å². The molecule has 0 saturated heterocycles. The Hall–Kier alpha value is -3.21. The Morgan fingerprint density at radius 3 is 2.00 bits per heavy atom. The van der Waals surface area contributed by atoms with Gasteiger partial charge in [0.2, 0.25) is 5.52 Å². The van der Waals surface area contributed by atoms with Crippen LogP contribution in [0, 0.1) is 0 Å². The number of fused-ring (bicyclic) bond motifs is 4. The number of hydrogen-bond donors (Lipinski definition) is 0. The molecule has 2 aromatic heterocycles. The van der Waals surface area contributed by atoms with Gasteiger partial charge in [0, 0.05) is 17.5 Å². The Labute approximate surface area is 151 Å². The van der Waals surface area contributed by atoms with E-state index in [1.807, 2.05) is 30.5 Å². The van der Waals surface area contributed by atoms with Crippen LogP contribution in [0.2, 0.25) is 0 Å². The van der Waals surface area contributed by atoms with Gasteiger partial charge in [-0.15, -0.1) is 0 Å². The van der Waals surface area contributed by atoms with Crippen molar-refractivity contribution in [2.75, 3.05) is 28.4 Å². The molecule has 2 heterocycles. The molecule has 2 aromatic carbocycles. The molecule has 0 fully saturated rings. The van der Waals surface area contributed by atoms with Crippen LogP contribution in [-0.4, -0.2) is 28.4 Å². The Morgan fingerprint density at radius 1 is 0.654 bits per heavy atom. The quantitative estimate of drug-likeness (QED) is 0.319. The number of benzene rings is 2. The lowest BCUT2D eigenvalue weighted by Crippen LogP contribution is -2.20. The summed E-state index contributed by atoms with van der Waals surface area (Å²) in [5.41, 5.74) is 1.07. The lowest BCUT2D eigenvalue weighted by molar-refractivity contribution is -0.509. The summed E-state index contributed by atoms with van der Waals surface area (Å²) in [5, 5.41) is 4.23. The van der Waals surface area contributed by atoms with Crippen molar-refractivity contribution in [3.63, 3.8) is 0 Å². The fraction of sp³-hybridized carbons (Fsp3) is 0.190. The van der Waals surface area contributed by atoms with Gasteiger partial charge in [0.1, 0.15) is 0 Å². The second-order valence-corrected chi connectivity index (χ2v) is 5.98. The van der Waals surface area contributed by atoms with Gasteiger partial charge in [0.15, 0.2) is 35.4 Å². The average Bonchev–Trinajstić information content (AvgIpc) is 2.69. The average molecular weight is 350 g/mol. The van der Waals surface area contributed by atoms with Crippen molar-refractivity contribution in [2.24, 2.45) is 0 Å². The summed E-state index contributed by atoms with van der Waals surface area (Å²) in [4.78, 5) is 0. The van der Waals surface area contributed by atoms with E-state index in [1.165, 1.54) is 0 Å². The molecule has 0 aliphatic heterocycles. The van der Waals surface area contributed by atoms with Gasteiger partial charge < -0.3 is 18.9 Å². The van der Waals surface area contributed by atoms with Crippen molar-refractivity contribution in [2.45, 2.75) is 0 Å². The molecule has 5 nitrogen and oxygen atoms in total. The fourth-order valence-corrected chi connectivity index (χ4v) is 3.42. The standard InChI is InChI=1S/C21H20NO4/c1-23-18-6-5-15-16(21(18)26-4)7-8-22-12-14-11-20(25-3)19(24-2)10-13(14)9-17(15)22/h5-12H,1-4H3/q+1. The van der Waals surface area contributed by atoms with E-state index in [9.17, 15) is 0 Å². The molecular formula is C21H20NO4+. The molecule has 0 aliphatic rings. The Bertz CT molecular complexity index is 1140. The van der Waals surface area contributed by atoms with Gasteiger partial charge >= 0.3 is 0 Å². The van der Waals surface area contributed by atoms with E-state index in [4.69, 9.17) is 18.9 Å². The van der Waals surface area contributed by atoms with E-state index in [1.54, 1.807) is 28.4 Å².